The highest BCUT2D eigenvalue weighted by molar-refractivity contribution is 5.64. The molecule has 0 spiro atoms. The van der Waals surface area contributed by atoms with Gasteiger partial charge < -0.3 is 4.42 Å². The molecule has 0 N–H and O–H groups in total. The fourth-order valence-corrected chi connectivity index (χ4v) is 5.57. The van der Waals surface area contributed by atoms with Crippen LogP contribution >= 0.6 is 0 Å². The molecule has 2 atom stereocenters. The molecule has 2 bridgehead atoms. The summed E-state index contributed by atoms with van der Waals surface area (Å²) in [6.45, 7) is 6.53. The molecule has 3 aromatic rings. The molecular weight excluding hydrogens is 372 g/mol. The number of fused-ring (bicyclic) bond motifs is 5. The van der Waals surface area contributed by atoms with Gasteiger partial charge in [0.15, 0.2) is 5.89 Å². The normalized spacial score (nSPS) is 24.1. The van der Waals surface area contributed by atoms with Gasteiger partial charge in [0.1, 0.15) is 17.4 Å². The number of nitrogens with zero attached hydrogens (tertiary/aromatic N) is 3. The van der Waals surface area contributed by atoms with Gasteiger partial charge in [0.05, 0.1) is 28.6 Å². The molecule has 1 aromatic carbocycles. The molecule has 0 unspecified atom stereocenters. The summed E-state index contributed by atoms with van der Waals surface area (Å²) in [5, 5.41) is 8.78. The minimum Gasteiger partial charge on any atom is -0.445 e. The molecule has 2 aliphatic carbocycles. The summed E-state index contributed by atoms with van der Waals surface area (Å²) in [5.74, 6) is 0.529. The lowest BCUT2D eigenvalue weighted by atomic mass is 9.67. The highest BCUT2D eigenvalue weighted by atomic mass is 19.1. The summed E-state index contributed by atoms with van der Waals surface area (Å²) in [4.78, 5) is 4.47. The standard InChI is InChI=1S/C23H23F2N3O/c1-4-6-19-26-12-18(29-19)23-10-9-14(22(23,2)3)13-11-17(27-28-21(13)23)20-15(24)7-5-8-16(20)25/h5,7-8,11-12,14H,4,6,9-10H2,1-3H3/t14-,23-/m0/s1. The van der Waals surface area contributed by atoms with E-state index in [1.54, 1.807) is 0 Å². The number of halogens is 2. The van der Waals surface area contributed by atoms with Gasteiger partial charge in [0.2, 0.25) is 0 Å². The smallest absolute Gasteiger partial charge is 0.194 e. The first-order valence-corrected chi connectivity index (χ1v) is 10.2. The van der Waals surface area contributed by atoms with Gasteiger partial charge in [-0.15, -0.1) is 5.10 Å². The summed E-state index contributed by atoms with van der Waals surface area (Å²) in [6, 6.07) is 5.66. The molecular formula is C23H23F2N3O. The predicted octanol–water partition coefficient (Wildman–Crippen LogP) is 5.57. The second kappa shape index (κ2) is 6.18. The monoisotopic (exact) mass is 395 g/mol. The van der Waals surface area contributed by atoms with Crippen molar-refractivity contribution in [2.75, 3.05) is 0 Å². The van der Waals surface area contributed by atoms with Crippen LogP contribution in [0.15, 0.2) is 34.9 Å². The van der Waals surface area contributed by atoms with Crippen LogP contribution in [0.4, 0.5) is 8.78 Å². The van der Waals surface area contributed by atoms with Crippen molar-refractivity contribution in [3.8, 4) is 11.3 Å². The fourth-order valence-electron chi connectivity index (χ4n) is 5.57. The Hall–Kier alpha value is -2.63. The van der Waals surface area contributed by atoms with E-state index in [1.807, 2.05) is 12.3 Å². The second-order valence-electron chi connectivity index (χ2n) is 8.72. The average Bonchev–Trinajstić information content (AvgIpc) is 3.30. The lowest BCUT2D eigenvalue weighted by Gasteiger charge is -2.35. The first-order valence-electron chi connectivity index (χ1n) is 10.2. The van der Waals surface area contributed by atoms with Gasteiger partial charge in [-0.05, 0) is 54.4 Å². The van der Waals surface area contributed by atoms with Crippen molar-refractivity contribution < 1.29 is 13.2 Å². The molecule has 1 fully saturated rings. The van der Waals surface area contributed by atoms with E-state index in [0.717, 1.165) is 48.6 Å². The Morgan fingerprint density at radius 1 is 1.17 bits per heavy atom. The maximum Gasteiger partial charge on any atom is 0.194 e. The Labute approximate surface area is 168 Å². The van der Waals surface area contributed by atoms with Gasteiger partial charge in [0.25, 0.3) is 0 Å². The maximum atomic E-state index is 14.3. The molecule has 0 aliphatic heterocycles. The summed E-state index contributed by atoms with van der Waals surface area (Å²) in [6.07, 6.45) is 5.46. The van der Waals surface area contributed by atoms with Gasteiger partial charge >= 0.3 is 0 Å². The minimum atomic E-state index is -0.629. The van der Waals surface area contributed by atoms with Crippen molar-refractivity contribution in [3.63, 3.8) is 0 Å². The summed E-state index contributed by atoms with van der Waals surface area (Å²) < 4.78 is 34.8. The Kier molecular flexibility index (Phi) is 3.92. The van der Waals surface area contributed by atoms with Crippen molar-refractivity contribution in [1.29, 1.82) is 0 Å². The van der Waals surface area contributed by atoms with E-state index in [1.165, 1.54) is 18.2 Å². The molecule has 1 saturated carbocycles. The third kappa shape index (κ3) is 2.31. The molecule has 0 saturated heterocycles. The van der Waals surface area contributed by atoms with Gasteiger partial charge in [-0.3, -0.25) is 0 Å². The summed E-state index contributed by atoms with van der Waals surface area (Å²) >= 11 is 0. The zero-order chi connectivity index (χ0) is 20.4. The number of hydrogen-bond donors (Lipinski definition) is 0. The van der Waals surface area contributed by atoms with Crippen LogP contribution in [-0.4, -0.2) is 15.2 Å². The van der Waals surface area contributed by atoms with Gasteiger partial charge in [-0.1, -0.05) is 26.8 Å². The van der Waals surface area contributed by atoms with Crippen molar-refractivity contribution in [3.05, 3.63) is 65.0 Å². The van der Waals surface area contributed by atoms with Crippen LogP contribution in [0.2, 0.25) is 0 Å². The zero-order valence-electron chi connectivity index (χ0n) is 16.8. The molecule has 4 nitrogen and oxygen atoms in total. The van der Waals surface area contributed by atoms with Crippen LogP contribution in [-0.2, 0) is 11.8 Å². The summed E-state index contributed by atoms with van der Waals surface area (Å²) in [7, 11) is 0. The zero-order valence-corrected chi connectivity index (χ0v) is 16.8. The van der Waals surface area contributed by atoms with Crippen LogP contribution < -0.4 is 0 Å². The molecule has 0 amide bonds. The molecule has 6 heteroatoms. The van der Waals surface area contributed by atoms with Gasteiger partial charge in [-0.2, -0.15) is 5.10 Å². The Morgan fingerprint density at radius 3 is 2.66 bits per heavy atom. The van der Waals surface area contributed by atoms with E-state index in [0.29, 0.717) is 0 Å². The van der Waals surface area contributed by atoms with Gasteiger partial charge in [-0.25, -0.2) is 13.8 Å². The topological polar surface area (TPSA) is 51.8 Å². The number of aromatic nitrogens is 3. The average molecular weight is 395 g/mol. The Morgan fingerprint density at radius 2 is 1.93 bits per heavy atom. The van der Waals surface area contributed by atoms with Crippen molar-refractivity contribution >= 4 is 0 Å². The molecule has 2 aliphatic rings. The van der Waals surface area contributed by atoms with Crippen molar-refractivity contribution in [2.24, 2.45) is 5.41 Å². The van der Waals surface area contributed by atoms with E-state index in [9.17, 15) is 8.78 Å². The second-order valence-corrected chi connectivity index (χ2v) is 8.72. The first kappa shape index (κ1) is 18.4. The van der Waals surface area contributed by atoms with Crippen molar-refractivity contribution in [2.45, 2.75) is 57.8 Å². The first-order chi connectivity index (χ1) is 13.9. The van der Waals surface area contributed by atoms with E-state index in [4.69, 9.17) is 4.42 Å². The van der Waals surface area contributed by atoms with Crippen LogP contribution in [0.3, 0.4) is 0 Å². The number of oxazole rings is 1. The largest absolute Gasteiger partial charge is 0.445 e. The minimum absolute atomic E-state index is 0.123. The quantitative estimate of drug-likeness (QED) is 0.580. The molecule has 0 radical (unpaired) electrons. The highest BCUT2D eigenvalue weighted by Gasteiger charge is 2.66. The van der Waals surface area contributed by atoms with Crippen LogP contribution in [0.1, 0.15) is 68.9 Å². The fraction of sp³-hybridized carbons (Fsp3) is 0.435. The van der Waals surface area contributed by atoms with E-state index >= 15 is 0 Å². The number of rotatable bonds is 4. The SMILES string of the molecule is CCCc1ncc([C@@]23CC[C@@H](c4cc(-c5c(F)cccc5F)nnc42)C3(C)C)o1. The van der Waals surface area contributed by atoms with E-state index < -0.39 is 17.0 Å². The number of benzene rings is 1. The summed E-state index contributed by atoms with van der Waals surface area (Å²) in [5.41, 5.74) is 1.43. The van der Waals surface area contributed by atoms with Gasteiger partial charge in [0, 0.05) is 6.42 Å². The Balaban J connectivity index is 1.68. The van der Waals surface area contributed by atoms with E-state index in [2.05, 4.69) is 36.0 Å². The van der Waals surface area contributed by atoms with Crippen LogP contribution in [0, 0.1) is 17.0 Å². The third-order valence-electron chi connectivity index (χ3n) is 7.04. The lowest BCUT2D eigenvalue weighted by Crippen LogP contribution is -2.36. The lowest BCUT2D eigenvalue weighted by molar-refractivity contribution is 0.210. The number of aryl methyl sites for hydroxylation is 1. The highest BCUT2D eigenvalue weighted by Crippen LogP contribution is 2.69. The predicted molar refractivity (Wildman–Crippen MR) is 104 cm³/mol. The number of hydrogen-bond acceptors (Lipinski definition) is 4. The third-order valence-corrected chi connectivity index (χ3v) is 7.04. The molecule has 5 rings (SSSR count). The van der Waals surface area contributed by atoms with E-state index in [-0.39, 0.29) is 22.6 Å². The maximum absolute atomic E-state index is 14.3. The van der Waals surface area contributed by atoms with Crippen molar-refractivity contribution in [1.82, 2.24) is 15.2 Å². The molecule has 150 valence electrons. The Bertz CT molecular complexity index is 1090. The molecule has 29 heavy (non-hydrogen) atoms. The van der Waals surface area contributed by atoms with Crippen LogP contribution in [0.25, 0.3) is 11.3 Å². The van der Waals surface area contributed by atoms with Crippen LogP contribution in [0.5, 0.6) is 0 Å². The molecule has 2 heterocycles. The molecule has 2 aromatic heterocycles.